The highest BCUT2D eigenvalue weighted by atomic mass is 19.1. The average molecular weight is 472 g/mol. The molecule has 35 heavy (non-hydrogen) atoms. The van der Waals surface area contributed by atoms with Crippen molar-refractivity contribution in [2.45, 2.75) is 33.1 Å². The molecule has 2 aromatic heterocycles. The number of rotatable bonds is 6. The van der Waals surface area contributed by atoms with Crippen LogP contribution in [0.4, 0.5) is 10.2 Å². The van der Waals surface area contributed by atoms with Crippen molar-refractivity contribution in [1.82, 2.24) is 20.3 Å². The first kappa shape index (κ1) is 24.3. The smallest absolute Gasteiger partial charge is 0.252 e. The van der Waals surface area contributed by atoms with Crippen molar-refractivity contribution < 1.29 is 9.18 Å². The fourth-order valence-electron chi connectivity index (χ4n) is 4.49. The molecular weight excluding hydrogens is 441 g/mol. The molecule has 1 N–H and O–H groups in total. The molecule has 1 aliphatic rings. The number of aromatic nitrogens is 3. The first-order chi connectivity index (χ1) is 17.0. The molecule has 1 saturated heterocycles. The summed E-state index contributed by atoms with van der Waals surface area (Å²) in [5.41, 5.74) is 2.91. The predicted octanol–water partition coefficient (Wildman–Crippen LogP) is 4.26. The van der Waals surface area contributed by atoms with Gasteiger partial charge in [0.1, 0.15) is 18.0 Å². The zero-order chi connectivity index (χ0) is 24.6. The normalized spacial score (nSPS) is 17.4. The number of piperidine rings is 1. The molecule has 1 aromatic carbocycles. The fraction of sp³-hybridized carbons (Fsp3) is 0.357. The molecule has 0 bridgehead atoms. The maximum absolute atomic E-state index is 13.3. The highest BCUT2D eigenvalue weighted by Crippen LogP contribution is 2.27. The van der Waals surface area contributed by atoms with E-state index in [0.717, 1.165) is 37.3 Å². The van der Waals surface area contributed by atoms with Crippen molar-refractivity contribution >= 4 is 11.7 Å². The molecule has 3 heterocycles. The van der Waals surface area contributed by atoms with Crippen LogP contribution in [0.15, 0.2) is 55.2 Å². The van der Waals surface area contributed by atoms with E-state index in [0.29, 0.717) is 35.1 Å². The number of benzene rings is 1. The molecule has 2 unspecified atom stereocenters. The van der Waals surface area contributed by atoms with Gasteiger partial charge in [0.05, 0.1) is 11.1 Å². The van der Waals surface area contributed by atoms with Crippen LogP contribution in [0, 0.1) is 29.5 Å². The molecule has 3 aromatic rings. The number of amides is 1. The molecule has 7 heteroatoms. The van der Waals surface area contributed by atoms with Gasteiger partial charge >= 0.3 is 0 Å². The number of halogens is 1. The summed E-state index contributed by atoms with van der Waals surface area (Å²) in [5.74, 6) is 7.70. The monoisotopic (exact) mass is 471 g/mol. The summed E-state index contributed by atoms with van der Waals surface area (Å²) >= 11 is 0. The standard InChI is InChI=1S/C28H30FN5O/c1-20-12-21(2)18-34(17-20)27-24(8-5-22-6-9-26(29)10-7-22)13-25(16-33-27)28(35)32-11-3-4-23-14-30-19-31-15-23/h6-7,9-10,13-16,19-21H,3-4,11-12,17-18H2,1-2H3,(H,32,35). The van der Waals surface area contributed by atoms with Crippen molar-refractivity contribution in [3.05, 3.63) is 83.3 Å². The van der Waals surface area contributed by atoms with Crippen molar-refractivity contribution in [2.75, 3.05) is 24.5 Å². The maximum Gasteiger partial charge on any atom is 0.252 e. The van der Waals surface area contributed by atoms with Crippen LogP contribution in [0.2, 0.25) is 0 Å². The van der Waals surface area contributed by atoms with Crippen molar-refractivity contribution in [3.8, 4) is 11.8 Å². The minimum absolute atomic E-state index is 0.182. The lowest BCUT2D eigenvalue weighted by Gasteiger charge is -2.36. The van der Waals surface area contributed by atoms with E-state index in [1.165, 1.54) is 24.9 Å². The minimum Gasteiger partial charge on any atom is -0.355 e. The Bertz CT molecular complexity index is 1190. The average Bonchev–Trinajstić information content (AvgIpc) is 2.86. The van der Waals surface area contributed by atoms with Crippen LogP contribution >= 0.6 is 0 Å². The van der Waals surface area contributed by atoms with Gasteiger partial charge in [0, 0.05) is 43.8 Å². The van der Waals surface area contributed by atoms with Crippen LogP contribution in [-0.4, -0.2) is 40.5 Å². The molecule has 180 valence electrons. The summed E-state index contributed by atoms with van der Waals surface area (Å²) in [6, 6.07) is 7.89. The van der Waals surface area contributed by atoms with Crippen molar-refractivity contribution in [1.29, 1.82) is 0 Å². The summed E-state index contributed by atoms with van der Waals surface area (Å²) < 4.78 is 13.3. The molecule has 0 aliphatic carbocycles. The molecule has 0 radical (unpaired) electrons. The first-order valence-electron chi connectivity index (χ1n) is 12.0. The zero-order valence-corrected chi connectivity index (χ0v) is 20.2. The van der Waals surface area contributed by atoms with Gasteiger partial charge in [0.2, 0.25) is 0 Å². The molecule has 4 rings (SSSR count). The summed E-state index contributed by atoms with van der Waals surface area (Å²) in [4.78, 5) is 27.8. The highest BCUT2D eigenvalue weighted by Gasteiger charge is 2.24. The second-order valence-corrected chi connectivity index (χ2v) is 9.31. The van der Waals surface area contributed by atoms with Crippen LogP contribution in [-0.2, 0) is 6.42 Å². The van der Waals surface area contributed by atoms with Gasteiger partial charge in [0.15, 0.2) is 0 Å². The Morgan fingerprint density at radius 3 is 2.51 bits per heavy atom. The topological polar surface area (TPSA) is 71.0 Å². The molecule has 0 spiro atoms. The number of nitrogens with one attached hydrogen (secondary N) is 1. The number of carbonyl (C=O) groups is 1. The Morgan fingerprint density at radius 1 is 1.09 bits per heavy atom. The van der Waals surface area contributed by atoms with Crippen LogP contribution in [0.5, 0.6) is 0 Å². The van der Waals surface area contributed by atoms with Gasteiger partial charge in [-0.05, 0) is 67.0 Å². The van der Waals surface area contributed by atoms with E-state index in [-0.39, 0.29) is 11.7 Å². The molecule has 2 atom stereocenters. The van der Waals surface area contributed by atoms with Crippen molar-refractivity contribution in [3.63, 3.8) is 0 Å². The third kappa shape index (κ3) is 6.86. The summed E-state index contributed by atoms with van der Waals surface area (Å²) in [5, 5.41) is 2.97. The third-order valence-corrected chi connectivity index (χ3v) is 6.02. The van der Waals surface area contributed by atoms with Crippen LogP contribution < -0.4 is 10.2 Å². The Kier molecular flexibility index (Phi) is 8.04. The highest BCUT2D eigenvalue weighted by molar-refractivity contribution is 5.94. The van der Waals surface area contributed by atoms with Crippen LogP contribution in [0.25, 0.3) is 0 Å². The Hall–Kier alpha value is -3.79. The third-order valence-electron chi connectivity index (χ3n) is 6.02. The SMILES string of the molecule is CC1CC(C)CN(c2ncc(C(=O)NCCCc3cncnc3)cc2C#Cc2ccc(F)cc2)C1. The first-order valence-corrected chi connectivity index (χ1v) is 12.0. The summed E-state index contributed by atoms with van der Waals surface area (Å²) in [6.45, 7) is 6.83. The largest absolute Gasteiger partial charge is 0.355 e. The molecule has 1 fully saturated rings. The second kappa shape index (κ2) is 11.6. The van der Waals surface area contributed by atoms with Gasteiger partial charge in [0.25, 0.3) is 5.91 Å². The minimum atomic E-state index is -0.298. The van der Waals surface area contributed by atoms with Gasteiger partial charge in [-0.3, -0.25) is 4.79 Å². The lowest BCUT2D eigenvalue weighted by atomic mass is 9.91. The van der Waals surface area contributed by atoms with E-state index < -0.39 is 0 Å². The lowest BCUT2D eigenvalue weighted by molar-refractivity contribution is 0.0953. The molecule has 0 saturated carbocycles. The quantitative estimate of drug-likeness (QED) is 0.430. The van der Waals surface area contributed by atoms with E-state index in [2.05, 4.69) is 50.9 Å². The molecular formula is C28H30FN5O. The predicted molar refractivity (Wildman–Crippen MR) is 134 cm³/mol. The van der Waals surface area contributed by atoms with Gasteiger partial charge in [-0.15, -0.1) is 0 Å². The Balaban J connectivity index is 1.51. The molecule has 6 nitrogen and oxygen atoms in total. The van der Waals surface area contributed by atoms with Gasteiger partial charge in [-0.1, -0.05) is 25.7 Å². The van der Waals surface area contributed by atoms with Crippen LogP contribution in [0.3, 0.4) is 0 Å². The van der Waals surface area contributed by atoms with Gasteiger partial charge < -0.3 is 10.2 Å². The number of nitrogens with zero attached hydrogens (tertiary/aromatic N) is 4. The van der Waals surface area contributed by atoms with E-state index in [4.69, 9.17) is 0 Å². The molecule has 1 aliphatic heterocycles. The van der Waals surface area contributed by atoms with Gasteiger partial charge in [-0.2, -0.15) is 0 Å². The van der Waals surface area contributed by atoms with E-state index >= 15 is 0 Å². The van der Waals surface area contributed by atoms with Gasteiger partial charge in [-0.25, -0.2) is 19.3 Å². The van der Waals surface area contributed by atoms with E-state index in [9.17, 15) is 9.18 Å². The number of aryl methyl sites for hydroxylation is 1. The zero-order valence-electron chi connectivity index (χ0n) is 20.2. The van der Waals surface area contributed by atoms with Crippen LogP contribution in [0.1, 0.15) is 53.7 Å². The maximum atomic E-state index is 13.3. The number of hydrogen-bond donors (Lipinski definition) is 1. The van der Waals surface area contributed by atoms with E-state index in [1.807, 2.05) is 6.07 Å². The second-order valence-electron chi connectivity index (χ2n) is 9.31. The number of hydrogen-bond acceptors (Lipinski definition) is 5. The number of pyridine rings is 1. The number of anilines is 1. The van der Waals surface area contributed by atoms with Crippen molar-refractivity contribution in [2.24, 2.45) is 11.8 Å². The Labute approximate surface area is 206 Å². The summed E-state index contributed by atoms with van der Waals surface area (Å²) in [7, 11) is 0. The Morgan fingerprint density at radius 2 is 1.80 bits per heavy atom. The van der Waals surface area contributed by atoms with E-state index in [1.54, 1.807) is 30.7 Å². The molecule has 1 amide bonds. The fourth-order valence-corrected chi connectivity index (χ4v) is 4.49. The summed E-state index contributed by atoms with van der Waals surface area (Å²) in [6.07, 6.45) is 9.45. The number of carbonyl (C=O) groups excluding carboxylic acids is 1. The lowest BCUT2D eigenvalue weighted by Crippen LogP contribution is -2.39.